The molecule has 2 amide bonds. The average Bonchev–Trinajstić information content (AvgIpc) is 3.31. The van der Waals surface area contributed by atoms with Crippen molar-refractivity contribution in [3.8, 4) is 5.75 Å². The van der Waals surface area contributed by atoms with Gasteiger partial charge in [0.05, 0.1) is 18.2 Å². The van der Waals surface area contributed by atoms with Crippen LogP contribution in [0.2, 0.25) is 10.0 Å². The third-order valence-electron chi connectivity index (χ3n) is 3.17. The molecule has 1 aliphatic carbocycles. The van der Waals surface area contributed by atoms with Crippen LogP contribution < -0.4 is 15.4 Å². The lowest BCUT2D eigenvalue weighted by Gasteiger charge is -2.09. The molecule has 1 saturated carbocycles. The Kier molecular flexibility index (Phi) is 6.34. The van der Waals surface area contributed by atoms with Crippen LogP contribution in [0.4, 0.5) is 0 Å². The highest BCUT2D eigenvalue weighted by atomic mass is 35.5. The Balaban J connectivity index is 1.54. The first-order valence-corrected chi connectivity index (χ1v) is 7.94. The molecule has 0 saturated heterocycles. The van der Waals surface area contributed by atoms with Crippen molar-refractivity contribution in [2.24, 2.45) is 5.92 Å². The molecule has 0 unspecified atom stereocenters. The highest BCUT2D eigenvalue weighted by Crippen LogP contribution is 2.28. The highest BCUT2D eigenvalue weighted by Gasteiger charge is 2.29. The Morgan fingerprint density at radius 2 is 2.00 bits per heavy atom. The molecule has 7 heteroatoms. The molecule has 0 radical (unpaired) electrons. The maximum Gasteiger partial charge on any atom is 0.239 e. The van der Waals surface area contributed by atoms with Gasteiger partial charge in [-0.2, -0.15) is 0 Å². The van der Waals surface area contributed by atoms with Crippen molar-refractivity contribution in [1.29, 1.82) is 0 Å². The zero-order valence-corrected chi connectivity index (χ0v) is 13.5. The topological polar surface area (TPSA) is 67.4 Å². The van der Waals surface area contributed by atoms with Gasteiger partial charge in [-0.05, 0) is 37.5 Å². The quantitative estimate of drug-likeness (QED) is 0.711. The number of hydrogen-bond donors (Lipinski definition) is 2. The van der Waals surface area contributed by atoms with E-state index in [1.807, 2.05) is 0 Å². The lowest BCUT2D eigenvalue weighted by molar-refractivity contribution is -0.126. The minimum Gasteiger partial charge on any atom is -0.492 e. The fraction of sp³-hybridized carbons (Fsp3) is 0.467. The zero-order chi connectivity index (χ0) is 15.9. The number of amides is 2. The second kappa shape index (κ2) is 8.25. The van der Waals surface area contributed by atoms with E-state index in [9.17, 15) is 9.59 Å². The molecule has 5 nitrogen and oxygen atoms in total. The van der Waals surface area contributed by atoms with Gasteiger partial charge in [0, 0.05) is 17.5 Å². The van der Waals surface area contributed by atoms with Crippen LogP contribution in [-0.4, -0.2) is 31.5 Å². The standard InChI is InChI=1S/C15H18Cl2N2O3/c16-11-4-5-13(12(17)8-11)22-7-1-6-18-14(20)9-19-15(21)10-2-3-10/h4-5,8,10H,1-3,6-7,9H2,(H,18,20)(H,19,21). The minimum atomic E-state index is -0.196. The molecule has 0 bridgehead atoms. The van der Waals surface area contributed by atoms with Gasteiger partial charge >= 0.3 is 0 Å². The highest BCUT2D eigenvalue weighted by molar-refractivity contribution is 6.35. The molecule has 2 rings (SSSR count). The molecule has 22 heavy (non-hydrogen) atoms. The van der Waals surface area contributed by atoms with Gasteiger partial charge in [0.25, 0.3) is 0 Å². The van der Waals surface area contributed by atoms with Crippen LogP contribution in [0.1, 0.15) is 19.3 Å². The monoisotopic (exact) mass is 344 g/mol. The third-order valence-corrected chi connectivity index (χ3v) is 3.70. The lowest BCUT2D eigenvalue weighted by Crippen LogP contribution is -2.38. The van der Waals surface area contributed by atoms with Gasteiger partial charge in [-0.15, -0.1) is 0 Å². The zero-order valence-electron chi connectivity index (χ0n) is 12.0. The Morgan fingerprint density at radius 1 is 1.23 bits per heavy atom. The van der Waals surface area contributed by atoms with Gasteiger partial charge in [-0.25, -0.2) is 0 Å². The Bertz CT molecular complexity index is 548. The third kappa shape index (κ3) is 5.73. The van der Waals surface area contributed by atoms with Crippen molar-refractivity contribution in [3.63, 3.8) is 0 Å². The number of rotatable bonds is 8. The van der Waals surface area contributed by atoms with Gasteiger partial charge in [0.15, 0.2) is 0 Å². The first-order chi connectivity index (χ1) is 10.6. The second-order valence-electron chi connectivity index (χ2n) is 5.12. The molecule has 2 N–H and O–H groups in total. The maximum absolute atomic E-state index is 11.5. The van der Waals surface area contributed by atoms with E-state index in [2.05, 4.69) is 10.6 Å². The predicted octanol–water partition coefficient (Wildman–Crippen LogP) is 2.40. The Morgan fingerprint density at radius 3 is 2.68 bits per heavy atom. The summed E-state index contributed by atoms with van der Waals surface area (Å²) < 4.78 is 5.50. The predicted molar refractivity (Wildman–Crippen MR) is 85.3 cm³/mol. The van der Waals surface area contributed by atoms with Crippen LogP contribution in [0.15, 0.2) is 18.2 Å². The normalized spacial score (nSPS) is 13.5. The average molecular weight is 345 g/mol. The molecule has 0 atom stereocenters. The summed E-state index contributed by atoms with van der Waals surface area (Å²) in [6.45, 7) is 0.929. The van der Waals surface area contributed by atoms with Crippen LogP contribution in [0.3, 0.4) is 0 Å². The van der Waals surface area contributed by atoms with Crippen LogP contribution in [0, 0.1) is 5.92 Å². The summed E-state index contributed by atoms with van der Waals surface area (Å²) >= 11 is 11.8. The van der Waals surface area contributed by atoms with Gasteiger partial charge in [-0.3, -0.25) is 9.59 Å². The van der Waals surface area contributed by atoms with E-state index in [0.29, 0.717) is 35.4 Å². The number of benzene rings is 1. The molecule has 0 aromatic heterocycles. The number of halogens is 2. The summed E-state index contributed by atoms with van der Waals surface area (Å²) in [4.78, 5) is 22.9. The molecule has 120 valence electrons. The van der Waals surface area contributed by atoms with E-state index in [0.717, 1.165) is 12.8 Å². The molecule has 1 fully saturated rings. The number of carbonyl (C=O) groups excluding carboxylic acids is 2. The summed E-state index contributed by atoms with van der Waals surface area (Å²) in [6, 6.07) is 5.02. The first kappa shape index (κ1) is 16.9. The summed E-state index contributed by atoms with van der Waals surface area (Å²) in [6.07, 6.45) is 2.50. The van der Waals surface area contributed by atoms with Crippen molar-refractivity contribution in [1.82, 2.24) is 10.6 Å². The van der Waals surface area contributed by atoms with Crippen molar-refractivity contribution >= 4 is 35.0 Å². The van der Waals surface area contributed by atoms with E-state index in [1.165, 1.54) is 0 Å². The Hall–Kier alpha value is -1.46. The SMILES string of the molecule is O=C(CNC(=O)C1CC1)NCCCOc1ccc(Cl)cc1Cl. The minimum absolute atomic E-state index is 0.0270. The fourth-order valence-corrected chi connectivity index (χ4v) is 2.26. The molecule has 0 aliphatic heterocycles. The smallest absolute Gasteiger partial charge is 0.239 e. The lowest BCUT2D eigenvalue weighted by atomic mass is 10.3. The number of ether oxygens (including phenoxy) is 1. The molecule has 1 aromatic carbocycles. The van der Waals surface area contributed by atoms with E-state index in [4.69, 9.17) is 27.9 Å². The molecule has 0 spiro atoms. The fourth-order valence-electron chi connectivity index (χ4n) is 1.79. The molecular formula is C15H18Cl2N2O3. The number of hydrogen-bond acceptors (Lipinski definition) is 3. The van der Waals surface area contributed by atoms with E-state index in [1.54, 1.807) is 18.2 Å². The molecule has 1 aliphatic rings. The molecular weight excluding hydrogens is 327 g/mol. The van der Waals surface area contributed by atoms with Crippen molar-refractivity contribution < 1.29 is 14.3 Å². The van der Waals surface area contributed by atoms with E-state index in [-0.39, 0.29) is 24.3 Å². The summed E-state index contributed by atoms with van der Waals surface area (Å²) in [5, 5.41) is 6.34. The second-order valence-corrected chi connectivity index (χ2v) is 5.96. The van der Waals surface area contributed by atoms with Crippen LogP contribution in [0.5, 0.6) is 5.75 Å². The van der Waals surface area contributed by atoms with Crippen molar-refractivity contribution in [2.75, 3.05) is 19.7 Å². The largest absolute Gasteiger partial charge is 0.492 e. The summed E-state index contributed by atoms with van der Waals surface area (Å²) in [5.74, 6) is 0.453. The van der Waals surface area contributed by atoms with Gasteiger partial charge in [0.1, 0.15) is 5.75 Å². The van der Waals surface area contributed by atoms with E-state index >= 15 is 0 Å². The van der Waals surface area contributed by atoms with Crippen molar-refractivity contribution in [3.05, 3.63) is 28.2 Å². The number of nitrogens with one attached hydrogen (secondary N) is 2. The van der Waals surface area contributed by atoms with Crippen molar-refractivity contribution in [2.45, 2.75) is 19.3 Å². The van der Waals surface area contributed by atoms with Gasteiger partial charge in [0.2, 0.25) is 11.8 Å². The summed E-state index contributed by atoms with van der Waals surface area (Å²) in [5.41, 5.74) is 0. The van der Waals surface area contributed by atoms with Crippen LogP contribution >= 0.6 is 23.2 Å². The summed E-state index contributed by atoms with van der Waals surface area (Å²) in [7, 11) is 0. The molecule has 0 heterocycles. The van der Waals surface area contributed by atoms with Gasteiger partial charge < -0.3 is 15.4 Å². The van der Waals surface area contributed by atoms with Crippen LogP contribution in [-0.2, 0) is 9.59 Å². The van der Waals surface area contributed by atoms with Crippen LogP contribution in [0.25, 0.3) is 0 Å². The maximum atomic E-state index is 11.5. The van der Waals surface area contributed by atoms with Gasteiger partial charge in [-0.1, -0.05) is 23.2 Å². The molecule has 1 aromatic rings. The number of carbonyl (C=O) groups is 2. The first-order valence-electron chi connectivity index (χ1n) is 7.18. The van der Waals surface area contributed by atoms with E-state index < -0.39 is 0 Å². The Labute approximate surface area is 139 Å².